The maximum atomic E-state index is 14.7. The molecule has 1 saturated carbocycles. The summed E-state index contributed by atoms with van der Waals surface area (Å²) in [6.45, 7) is 16.9. The summed E-state index contributed by atoms with van der Waals surface area (Å²) in [5, 5.41) is 21.1. The summed E-state index contributed by atoms with van der Waals surface area (Å²) in [5.41, 5.74) is 0.687. The predicted octanol–water partition coefficient (Wildman–Crippen LogP) is 8.98. The number of ketones is 2. The Morgan fingerprint density at radius 2 is 1.43 bits per heavy atom. The number of ether oxygens (including phenoxy) is 2. The molecule has 0 radical (unpaired) electrons. The molecule has 380 valence electrons. The lowest BCUT2D eigenvalue weighted by Gasteiger charge is -2.51. The molecule has 4 amide bonds. The van der Waals surface area contributed by atoms with Crippen molar-refractivity contribution in [2.24, 2.45) is 35.5 Å². The van der Waals surface area contributed by atoms with Crippen LogP contribution in [0.2, 0.25) is 0 Å². The third kappa shape index (κ3) is 17.4. The van der Waals surface area contributed by atoms with Gasteiger partial charge in [0.2, 0.25) is 11.8 Å². The molecule has 5 atom stereocenters. The molecule has 5 rings (SSSR count). The van der Waals surface area contributed by atoms with Crippen LogP contribution in [0, 0.1) is 35.5 Å². The van der Waals surface area contributed by atoms with Crippen LogP contribution in [-0.4, -0.2) is 99.6 Å². The second kappa shape index (κ2) is 25.7. The van der Waals surface area contributed by atoms with Crippen molar-refractivity contribution in [2.75, 3.05) is 19.7 Å². The zero-order valence-corrected chi connectivity index (χ0v) is 42.5. The normalized spacial score (nSPS) is 20.0. The van der Waals surface area contributed by atoms with Crippen molar-refractivity contribution in [3.05, 3.63) is 83.9 Å². The number of carbonyl (C=O) groups is 6. The van der Waals surface area contributed by atoms with Gasteiger partial charge in [0.25, 0.3) is 0 Å². The summed E-state index contributed by atoms with van der Waals surface area (Å²) in [7, 11) is 0. The number of carbonyl (C=O) groups excluding carboxylic acids is 6. The molecule has 0 aromatic heterocycles. The minimum Gasteiger partial charge on any atom is -0.449 e. The van der Waals surface area contributed by atoms with Crippen molar-refractivity contribution < 1.29 is 43.4 Å². The highest BCUT2D eigenvalue weighted by molar-refractivity contribution is 5.95. The van der Waals surface area contributed by atoms with Gasteiger partial charge in [0.15, 0.2) is 11.6 Å². The molecule has 3 aliphatic rings. The van der Waals surface area contributed by atoms with E-state index in [2.05, 4.69) is 29.8 Å². The van der Waals surface area contributed by atoms with Gasteiger partial charge >= 0.3 is 12.2 Å². The van der Waals surface area contributed by atoms with Gasteiger partial charge in [0, 0.05) is 42.9 Å². The highest BCUT2D eigenvalue weighted by Gasteiger charge is 2.46. The van der Waals surface area contributed by atoms with E-state index in [9.17, 15) is 34.0 Å². The largest absolute Gasteiger partial charge is 0.449 e. The van der Waals surface area contributed by atoms with Gasteiger partial charge in [-0.3, -0.25) is 19.2 Å². The van der Waals surface area contributed by atoms with E-state index in [0.29, 0.717) is 64.0 Å². The van der Waals surface area contributed by atoms with Gasteiger partial charge in [-0.1, -0.05) is 101 Å². The fourth-order valence-electron chi connectivity index (χ4n) is 10.2. The van der Waals surface area contributed by atoms with Gasteiger partial charge in [-0.15, -0.1) is 0 Å². The van der Waals surface area contributed by atoms with Crippen molar-refractivity contribution in [2.45, 2.75) is 168 Å². The van der Waals surface area contributed by atoms with Crippen molar-refractivity contribution in [1.82, 2.24) is 25.9 Å². The Morgan fingerprint density at radius 1 is 0.797 bits per heavy atom. The number of hydroxylamine groups is 2. The predicted molar refractivity (Wildman–Crippen MR) is 266 cm³/mol. The quantitative estimate of drug-likeness (QED) is 0.0554. The first kappa shape index (κ1) is 54.9. The molecular weight excluding hydrogens is 875 g/mol. The molecule has 2 aromatic rings. The minimum atomic E-state index is -0.876. The smallest absolute Gasteiger partial charge is 0.407 e. The Balaban J connectivity index is 1.27. The summed E-state index contributed by atoms with van der Waals surface area (Å²) in [5.74, 6) is -1.93. The molecule has 0 bridgehead atoms. The molecule has 0 unspecified atom stereocenters. The topological polar surface area (TPSA) is 184 Å². The maximum absolute atomic E-state index is 14.7. The van der Waals surface area contributed by atoms with Gasteiger partial charge < -0.3 is 35.5 Å². The van der Waals surface area contributed by atoms with E-state index >= 15 is 0 Å². The van der Waals surface area contributed by atoms with Crippen molar-refractivity contribution in [3.63, 3.8) is 0 Å². The highest BCUT2D eigenvalue weighted by atomic mass is 16.6. The average molecular weight is 956 g/mol. The molecule has 0 spiro atoms. The SMILES string of the molecule is CC(C)C[C@@H](/C=C/[C@H](Cc1ccccc1)C(=O)N1CCC[C@H]1C(=O)C[C@@H](C(=O)N[C@@H](CCCNC(=O)OCc1ccccc1)C(=O)CC1CC(C)(C)N(O)C(C)(C)C1)C(C)C)NC(=O)OCC1CC1. The zero-order chi connectivity index (χ0) is 50.3. The lowest BCUT2D eigenvalue weighted by molar-refractivity contribution is -0.251. The first-order chi connectivity index (χ1) is 32.7. The van der Waals surface area contributed by atoms with Gasteiger partial charge in [-0.2, -0.15) is 5.06 Å². The van der Waals surface area contributed by atoms with Crippen LogP contribution in [0.25, 0.3) is 0 Å². The Hall–Kier alpha value is -5.08. The number of benzene rings is 2. The molecule has 69 heavy (non-hydrogen) atoms. The average Bonchev–Trinajstić information content (AvgIpc) is 4.00. The number of piperidine rings is 1. The third-order valence-electron chi connectivity index (χ3n) is 13.9. The molecule has 2 saturated heterocycles. The number of Topliss-reactive ketones (excluding diaryl/α,β-unsaturated/α-hetero) is 2. The van der Waals surface area contributed by atoms with E-state index in [1.165, 1.54) is 5.06 Å². The first-order valence-corrected chi connectivity index (χ1v) is 25.5. The lowest BCUT2D eigenvalue weighted by atomic mass is 9.73. The maximum Gasteiger partial charge on any atom is 0.407 e. The molecule has 4 N–H and O–H groups in total. The van der Waals surface area contributed by atoms with E-state index < -0.39 is 53.1 Å². The molecule has 3 fully saturated rings. The van der Waals surface area contributed by atoms with E-state index in [1.807, 2.05) is 114 Å². The number of amides is 4. The molecule has 2 aliphatic heterocycles. The number of alkyl carbamates (subject to hydrolysis) is 2. The molecule has 14 heteroatoms. The van der Waals surface area contributed by atoms with Crippen LogP contribution in [0.3, 0.4) is 0 Å². The van der Waals surface area contributed by atoms with Crippen LogP contribution in [0.15, 0.2) is 72.8 Å². The van der Waals surface area contributed by atoms with E-state index in [0.717, 1.165) is 24.0 Å². The molecule has 1 aliphatic carbocycles. The number of hydrogen-bond acceptors (Lipinski definition) is 10. The standard InChI is InChI=1S/C55H81N5O9/c1-37(2)29-44(57-53(66)69-36-41-23-24-41)26-25-43(30-39-17-11-9-12-18-39)51(64)59-28-16-22-47(59)49(62)32-45(38(3)4)50(63)58-46(21-15-27-56-52(65)68-35-40-19-13-10-14-20-40)48(61)31-42-33-54(5,6)60(67)55(7,8)34-42/h9-14,17-20,25-26,37-38,41-47,67H,15-16,21-24,27-36H2,1-8H3,(H,56,65)(H,57,66)(H,58,63)/b26-25+/t43-,44-,45-,46+,47+/m1/s1. The summed E-state index contributed by atoms with van der Waals surface area (Å²) in [6, 6.07) is 17.1. The van der Waals surface area contributed by atoms with Crippen molar-refractivity contribution in [1.29, 1.82) is 0 Å². The van der Waals surface area contributed by atoms with Gasteiger partial charge in [-0.05, 0) is 127 Å². The second-order valence-corrected chi connectivity index (χ2v) is 21.9. The van der Waals surface area contributed by atoms with Crippen LogP contribution in [0.1, 0.15) is 137 Å². The number of likely N-dealkylation sites (tertiary alicyclic amines) is 1. The summed E-state index contributed by atoms with van der Waals surface area (Å²) in [4.78, 5) is 84.7. The van der Waals surface area contributed by atoms with Gasteiger partial charge in [0.1, 0.15) is 6.61 Å². The molecule has 2 heterocycles. The monoisotopic (exact) mass is 956 g/mol. The molecular formula is C55H81N5O9. The van der Waals surface area contributed by atoms with Crippen LogP contribution in [-0.2, 0) is 41.7 Å². The van der Waals surface area contributed by atoms with E-state index in [1.54, 1.807) is 4.90 Å². The highest BCUT2D eigenvalue weighted by Crippen LogP contribution is 2.41. The second-order valence-electron chi connectivity index (χ2n) is 21.9. The Morgan fingerprint density at radius 3 is 2.04 bits per heavy atom. The first-order valence-electron chi connectivity index (χ1n) is 25.5. The number of rotatable bonds is 25. The third-order valence-corrected chi connectivity index (χ3v) is 13.9. The molecule has 2 aromatic carbocycles. The Labute approximate surface area is 411 Å². The number of nitrogens with one attached hydrogen (secondary N) is 3. The van der Waals surface area contributed by atoms with Gasteiger partial charge in [0.05, 0.1) is 30.7 Å². The zero-order valence-electron chi connectivity index (χ0n) is 42.5. The number of nitrogens with zero attached hydrogens (tertiary/aromatic N) is 2. The Kier molecular flexibility index (Phi) is 20.4. The van der Waals surface area contributed by atoms with E-state index in [-0.39, 0.29) is 73.7 Å². The minimum absolute atomic E-state index is 0.0453. The number of hydrogen-bond donors (Lipinski definition) is 4. The fourth-order valence-corrected chi connectivity index (χ4v) is 10.2. The van der Waals surface area contributed by atoms with Crippen LogP contribution in [0.5, 0.6) is 0 Å². The summed E-state index contributed by atoms with van der Waals surface area (Å²) in [6.07, 6.45) is 8.89. The van der Waals surface area contributed by atoms with E-state index in [4.69, 9.17) is 9.47 Å². The van der Waals surface area contributed by atoms with Crippen LogP contribution < -0.4 is 16.0 Å². The van der Waals surface area contributed by atoms with Crippen LogP contribution in [0.4, 0.5) is 9.59 Å². The van der Waals surface area contributed by atoms with Crippen LogP contribution >= 0.6 is 0 Å². The summed E-state index contributed by atoms with van der Waals surface area (Å²) < 4.78 is 10.8. The van der Waals surface area contributed by atoms with Crippen molar-refractivity contribution in [3.8, 4) is 0 Å². The summed E-state index contributed by atoms with van der Waals surface area (Å²) >= 11 is 0. The lowest BCUT2D eigenvalue weighted by Crippen LogP contribution is -2.59. The molecule has 14 nitrogen and oxygen atoms in total. The van der Waals surface area contributed by atoms with Crippen molar-refractivity contribution >= 4 is 35.6 Å². The fraction of sp³-hybridized carbons (Fsp3) is 0.636. The Bertz CT molecular complexity index is 2020. The van der Waals surface area contributed by atoms with Gasteiger partial charge in [-0.25, -0.2) is 9.59 Å².